The zero-order valence-corrected chi connectivity index (χ0v) is 12.2. The van der Waals surface area contributed by atoms with Crippen LogP contribution in [0.15, 0.2) is 54.9 Å². The van der Waals surface area contributed by atoms with Gasteiger partial charge in [-0.15, -0.1) is 0 Å². The Morgan fingerprint density at radius 1 is 1.05 bits per heavy atom. The third kappa shape index (κ3) is 1.74. The molecule has 0 radical (unpaired) electrons. The van der Waals surface area contributed by atoms with Crippen molar-refractivity contribution < 1.29 is 5.11 Å². The van der Waals surface area contributed by atoms with E-state index in [1.165, 1.54) is 5.39 Å². The predicted octanol–water partition coefficient (Wildman–Crippen LogP) is 4.48. The van der Waals surface area contributed by atoms with E-state index in [9.17, 15) is 5.11 Å². The third-order valence-electron chi connectivity index (χ3n) is 3.93. The van der Waals surface area contributed by atoms with E-state index in [0.29, 0.717) is 5.02 Å². The molecule has 0 atom stereocenters. The van der Waals surface area contributed by atoms with Gasteiger partial charge in [-0.3, -0.25) is 4.57 Å². The molecule has 0 aliphatic rings. The number of halogens is 1. The highest BCUT2D eigenvalue weighted by molar-refractivity contribution is 6.35. The van der Waals surface area contributed by atoms with Gasteiger partial charge in [0, 0.05) is 35.7 Å². The average molecular weight is 297 g/mol. The maximum atomic E-state index is 10.5. The molecule has 2 heterocycles. The standard InChI is InChI=1S/C17H13ClN2O/c1-19-8-7-11-5-6-12(9-16(11)19)20-10-14-13(17(20)21)3-2-4-15(14)18/h2-10,21H,1H3. The van der Waals surface area contributed by atoms with Crippen molar-refractivity contribution in [1.29, 1.82) is 0 Å². The van der Waals surface area contributed by atoms with Gasteiger partial charge in [0.15, 0.2) is 0 Å². The molecule has 0 aliphatic heterocycles. The van der Waals surface area contributed by atoms with Crippen molar-refractivity contribution in [2.45, 2.75) is 0 Å². The quantitative estimate of drug-likeness (QED) is 0.551. The van der Waals surface area contributed by atoms with E-state index in [-0.39, 0.29) is 5.88 Å². The van der Waals surface area contributed by atoms with Gasteiger partial charge < -0.3 is 9.67 Å². The maximum Gasteiger partial charge on any atom is 0.203 e. The lowest BCUT2D eigenvalue weighted by molar-refractivity contribution is 0.448. The number of aryl methyl sites for hydroxylation is 1. The molecular weight excluding hydrogens is 284 g/mol. The monoisotopic (exact) mass is 296 g/mol. The van der Waals surface area contributed by atoms with Crippen LogP contribution in [-0.4, -0.2) is 14.2 Å². The Kier molecular flexibility index (Phi) is 2.53. The van der Waals surface area contributed by atoms with E-state index < -0.39 is 0 Å². The third-order valence-corrected chi connectivity index (χ3v) is 4.26. The molecule has 0 bridgehead atoms. The normalized spacial score (nSPS) is 11.5. The van der Waals surface area contributed by atoms with Crippen LogP contribution in [0.4, 0.5) is 0 Å². The molecule has 4 aromatic rings. The number of rotatable bonds is 1. The molecular formula is C17H13ClN2O. The summed E-state index contributed by atoms with van der Waals surface area (Å²) in [5.41, 5.74) is 2.03. The molecule has 1 N–H and O–H groups in total. The Morgan fingerprint density at radius 3 is 2.71 bits per heavy atom. The van der Waals surface area contributed by atoms with Crippen LogP contribution in [0, 0.1) is 0 Å². The second-order valence-corrected chi connectivity index (χ2v) is 5.60. The Labute approximate surface area is 126 Å². The molecule has 3 nitrogen and oxygen atoms in total. The molecule has 4 heteroatoms. The number of benzene rings is 2. The van der Waals surface area contributed by atoms with Crippen molar-refractivity contribution in [2.75, 3.05) is 0 Å². The molecule has 0 amide bonds. The molecule has 4 rings (SSSR count). The highest BCUT2D eigenvalue weighted by atomic mass is 35.5. The summed E-state index contributed by atoms with van der Waals surface area (Å²) in [6, 6.07) is 13.7. The Hall–Kier alpha value is -2.39. The van der Waals surface area contributed by atoms with Gasteiger partial charge >= 0.3 is 0 Å². The molecule has 21 heavy (non-hydrogen) atoms. The fourth-order valence-corrected chi connectivity index (χ4v) is 3.00. The fraction of sp³-hybridized carbons (Fsp3) is 0.0588. The number of hydrogen-bond acceptors (Lipinski definition) is 1. The number of aromatic hydroxyl groups is 1. The van der Waals surface area contributed by atoms with Crippen LogP contribution in [0.3, 0.4) is 0 Å². The first kappa shape index (κ1) is 12.4. The van der Waals surface area contributed by atoms with E-state index in [0.717, 1.165) is 22.0 Å². The molecule has 0 unspecified atom stereocenters. The van der Waals surface area contributed by atoms with Gasteiger partial charge in [-0.2, -0.15) is 0 Å². The molecule has 104 valence electrons. The van der Waals surface area contributed by atoms with Gasteiger partial charge in [-0.25, -0.2) is 0 Å². The second-order valence-electron chi connectivity index (χ2n) is 5.19. The SMILES string of the molecule is Cn1ccc2ccc(-n3cc4c(Cl)cccc4c3O)cc21. The van der Waals surface area contributed by atoms with Gasteiger partial charge in [0.25, 0.3) is 0 Å². The van der Waals surface area contributed by atoms with E-state index in [1.807, 2.05) is 43.7 Å². The summed E-state index contributed by atoms with van der Waals surface area (Å²) in [4.78, 5) is 0. The van der Waals surface area contributed by atoms with Crippen LogP contribution in [0.25, 0.3) is 27.4 Å². The van der Waals surface area contributed by atoms with Crippen molar-refractivity contribution in [3.8, 4) is 11.6 Å². The summed E-state index contributed by atoms with van der Waals surface area (Å²) < 4.78 is 3.83. The van der Waals surface area contributed by atoms with Gasteiger partial charge in [0.1, 0.15) is 0 Å². The van der Waals surface area contributed by atoms with Crippen molar-refractivity contribution >= 4 is 33.3 Å². The topological polar surface area (TPSA) is 30.1 Å². The van der Waals surface area contributed by atoms with E-state index >= 15 is 0 Å². The first-order chi connectivity index (χ1) is 10.1. The maximum absolute atomic E-state index is 10.5. The Morgan fingerprint density at radius 2 is 1.90 bits per heavy atom. The van der Waals surface area contributed by atoms with Crippen molar-refractivity contribution in [3.05, 3.63) is 59.9 Å². The molecule has 0 saturated carbocycles. The van der Waals surface area contributed by atoms with Crippen LogP contribution >= 0.6 is 11.6 Å². The first-order valence-electron chi connectivity index (χ1n) is 6.69. The van der Waals surface area contributed by atoms with Crippen LogP contribution in [0.5, 0.6) is 5.88 Å². The van der Waals surface area contributed by atoms with Gasteiger partial charge in [-0.05, 0) is 35.7 Å². The van der Waals surface area contributed by atoms with Crippen LogP contribution in [0.1, 0.15) is 0 Å². The second kappa shape index (κ2) is 4.30. The van der Waals surface area contributed by atoms with Crippen molar-refractivity contribution in [2.24, 2.45) is 7.05 Å². The summed E-state index contributed by atoms with van der Waals surface area (Å²) in [5.74, 6) is 0.209. The molecule has 2 aromatic heterocycles. The Balaban J connectivity index is 2.01. The minimum Gasteiger partial charge on any atom is -0.494 e. The number of hydrogen-bond donors (Lipinski definition) is 1. The fourth-order valence-electron chi connectivity index (χ4n) is 2.78. The summed E-state index contributed by atoms with van der Waals surface area (Å²) in [7, 11) is 2.01. The first-order valence-corrected chi connectivity index (χ1v) is 7.07. The van der Waals surface area contributed by atoms with Crippen LogP contribution < -0.4 is 0 Å². The highest BCUT2D eigenvalue weighted by Crippen LogP contribution is 2.34. The van der Waals surface area contributed by atoms with E-state index in [2.05, 4.69) is 22.8 Å². The van der Waals surface area contributed by atoms with E-state index in [1.54, 1.807) is 4.57 Å². The average Bonchev–Trinajstić information content (AvgIpc) is 3.02. The Bertz CT molecular complexity index is 981. The van der Waals surface area contributed by atoms with Crippen molar-refractivity contribution in [1.82, 2.24) is 9.13 Å². The number of fused-ring (bicyclic) bond motifs is 2. The van der Waals surface area contributed by atoms with Gasteiger partial charge in [-0.1, -0.05) is 23.7 Å². The highest BCUT2D eigenvalue weighted by Gasteiger charge is 2.12. The smallest absolute Gasteiger partial charge is 0.203 e. The molecule has 0 aliphatic carbocycles. The molecule has 2 aromatic carbocycles. The zero-order valence-electron chi connectivity index (χ0n) is 11.4. The van der Waals surface area contributed by atoms with Gasteiger partial charge in [0.2, 0.25) is 5.88 Å². The van der Waals surface area contributed by atoms with Crippen LogP contribution in [0.2, 0.25) is 5.02 Å². The zero-order chi connectivity index (χ0) is 14.6. The predicted molar refractivity (Wildman–Crippen MR) is 86.4 cm³/mol. The summed E-state index contributed by atoms with van der Waals surface area (Å²) >= 11 is 6.20. The molecule has 0 spiro atoms. The minimum atomic E-state index is 0.209. The lowest BCUT2D eigenvalue weighted by Crippen LogP contribution is -1.92. The van der Waals surface area contributed by atoms with E-state index in [4.69, 9.17) is 11.6 Å². The summed E-state index contributed by atoms with van der Waals surface area (Å²) in [5, 5.41) is 13.9. The lowest BCUT2D eigenvalue weighted by Gasteiger charge is -2.06. The number of aromatic nitrogens is 2. The van der Waals surface area contributed by atoms with Crippen molar-refractivity contribution in [3.63, 3.8) is 0 Å². The lowest BCUT2D eigenvalue weighted by atomic mass is 10.2. The summed E-state index contributed by atoms with van der Waals surface area (Å²) in [6.45, 7) is 0. The summed E-state index contributed by atoms with van der Waals surface area (Å²) in [6.07, 6.45) is 3.90. The molecule has 0 fully saturated rings. The largest absolute Gasteiger partial charge is 0.494 e. The van der Waals surface area contributed by atoms with Gasteiger partial charge in [0.05, 0.1) is 10.7 Å². The van der Waals surface area contributed by atoms with Crippen LogP contribution in [-0.2, 0) is 7.05 Å². The number of nitrogens with zero attached hydrogens (tertiary/aromatic N) is 2. The minimum absolute atomic E-state index is 0.209. The molecule has 0 saturated heterocycles.